The summed E-state index contributed by atoms with van der Waals surface area (Å²) in [7, 11) is 0. The van der Waals surface area contributed by atoms with Crippen molar-refractivity contribution in [3.8, 4) is 0 Å². The van der Waals surface area contributed by atoms with E-state index in [-0.39, 0.29) is 6.61 Å². The summed E-state index contributed by atoms with van der Waals surface area (Å²) in [5.74, 6) is 0. The van der Waals surface area contributed by atoms with E-state index in [1.165, 1.54) is 0 Å². The van der Waals surface area contributed by atoms with E-state index < -0.39 is 5.60 Å². The molecule has 2 nitrogen and oxygen atoms in total. The number of rotatable bonds is 2. The van der Waals surface area contributed by atoms with Crippen LogP contribution in [0.1, 0.15) is 13.8 Å². The van der Waals surface area contributed by atoms with Crippen LogP contribution in [0.5, 0.6) is 0 Å². The van der Waals surface area contributed by atoms with E-state index in [0.717, 1.165) is 0 Å². The molecule has 0 aromatic rings. The van der Waals surface area contributed by atoms with Crippen LogP contribution in [0.4, 0.5) is 0 Å². The van der Waals surface area contributed by atoms with Crippen LogP contribution in [0.15, 0.2) is 12.2 Å². The smallest absolute Gasteiger partial charge is 0.103 e. The van der Waals surface area contributed by atoms with Gasteiger partial charge in [-0.3, -0.25) is 0 Å². The molecule has 0 aliphatic carbocycles. The second-order valence-electron chi connectivity index (χ2n) is 2.02. The van der Waals surface area contributed by atoms with Gasteiger partial charge in [-0.2, -0.15) is 0 Å². The van der Waals surface area contributed by atoms with Gasteiger partial charge in [0.25, 0.3) is 0 Å². The summed E-state index contributed by atoms with van der Waals surface area (Å²) >= 11 is 0. The van der Waals surface area contributed by atoms with Crippen molar-refractivity contribution in [2.45, 2.75) is 19.4 Å². The standard InChI is InChI=1S/C6H12O2/c1-3-4-6(2,8)5-7/h3-4,7-8H,5H2,1-2H3/b4-3+. The fraction of sp³-hybridized carbons (Fsp3) is 0.667. The lowest BCUT2D eigenvalue weighted by Crippen LogP contribution is -2.25. The van der Waals surface area contributed by atoms with Gasteiger partial charge in [0, 0.05) is 0 Å². The maximum atomic E-state index is 8.99. The highest BCUT2D eigenvalue weighted by atomic mass is 16.3. The number of allylic oxidation sites excluding steroid dienone is 1. The predicted octanol–water partition coefficient (Wildman–Crippen LogP) is 0.306. The van der Waals surface area contributed by atoms with Crippen LogP contribution in [0.25, 0.3) is 0 Å². The zero-order chi connectivity index (χ0) is 6.62. The molecule has 1 unspecified atom stereocenters. The van der Waals surface area contributed by atoms with Gasteiger partial charge in [-0.05, 0) is 13.8 Å². The molecule has 0 amide bonds. The molecule has 0 aliphatic rings. The van der Waals surface area contributed by atoms with Gasteiger partial charge >= 0.3 is 0 Å². The Kier molecular flexibility index (Phi) is 2.72. The van der Waals surface area contributed by atoms with Gasteiger partial charge in [0.05, 0.1) is 6.61 Å². The third-order valence-electron chi connectivity index (χ3n) is 0.846. The molecular weight excluding hydrogens is 104 g/mol. The molecule has 0 radical (unpaired) electrons. The number of hydrogen-bond donors (Lipinski definition) is 2. The van der Waals surface area contributed by atoms with Crippen LogP contribution < -0.4 is 0 Å². The quantitative estimate of drug-likeness (QED) is 0.509. The Bertz CT molecular complexity index is 84.5. The fourth-order valence-electron chi connectivity index (χ4n) is 0.412. The second-order valence-corrected chi connectivity index (χ2v) is 2.02. The summed E-state index contributed by atoms with van der Waals surface area (Å²) in [5.41, 5.74) is -1.03. The predicted molar refractivity (Wildman–Crippen MR) is 32.5 cm³/mol. The Morgan fingerprint density at radius 2 is 2.12 bits per heavy atom. The van der Waals surface area contributed by atoms with E-state index in [1.807, 2.05) is 0 Å². The Morgan fingerprint density at radius 1 is 1.62 bits per heavy atom. The summed E-state index contributed by atoms with van der Waals surface area (Å²) in [4.78, 5) is 0. The number of aliphatic hydroxyl groups excluding tert-OH is 1. The van der Waals surface area contributed by atoms with Crippen LogP contribution in [-0.4, -0.2) is 22.4 Å². The van der Waals surface area contributed by atoms with Gasteiger partial charge in [0.2, 0.25) is 0 Å². The van der Waals surface area contributed by atoms with Gasteiger partial charge in [-0.1, -0.05) is 12.2 Å². The van der Waals surface area contributed by atoms with Crippen molar-refractivity contribution in [2.24, 2.45) is 0 Å². The Morgan fingerprint density at radius 3 is 2.25 bits per heavy atom. The Labute approximate surface area is 49.5 Å². The van der Waals surface area contributed by atoms with Crippen molar-refractivity contribution in [2.75, 3.05) is 6.61 Å². The first-order valence-electron chi connectivity index (χ1n) is 2.59. The highest BCUT2D eigenvalue weighted by Crippen LogP contribution is 2.01. The van der Waals surface area contributed by atoms with E-state index in [4.69, 9.17) is 10.2 Å². The molecular formula is C6H12O2. The van der Waals surface area contributed by atoms with Gasteiger partial charge in [0.15, 0.2) is 0 Å². The lowest BCUT2D eigenvalue weighted by molar-refractivity contribution is 0.0434. The topological polar surface area (TPSA) is 40.5 Å². The minimum absolute atomic E-state index is 0.225. The minimum Gasteiger partial charge on any atom is -0.393 e. The molecule has 0 saturated carbocycles. The molecule has 0 aromatic carbocycles. The zero-order valence-corrected chi connectivity index (χ0v) is 5.26. The van der Waals surface area contributed by atoms with Crippen molar-refractivity contribution in [3.05, 3.63) is 12.2 Å². The normalized spacial score (nSPS) is 19.0. The maximum absolute atomic E-state index is 8.99. The first kappa shape index (κ1) is 7.66. The van der Waals surface area contributed by atoms with Gasteiger partial charge in [-0.25, -0.2) is 0 Å². The summed E-state index contributed by atoms with van der Waals surface area (Å²) in [6.07, 6.45) is 3.25. The first-order valence-corrected chi connectivity index (χ1v) is 2.59. The average Bonchev–Trinajstić information content (AvgIpc) is 1.67. The van der Waals surface area contributed by atoms with Crippen molar-refractivity contribution >= 4 is 0 Å². The monoisotopic (exact) mass is 116 g/mol. The van der Waals surface area contributed by atoms with Crippen LogP contribution in [0.3, 0.4) is 0 Å². The zero-order valence-electron chi connectivity index (χ0n) is 5.26. The minimum atomic E-state index is -1.03. The van der Waals surface area contributed by atoms with Gasteiger partial charge < -0.3 is 10.2 Å². The first-order chi connectivity index (χ1) is 3.62. The molecule has 2 N–H and O–H groups in total. The molecule has 8 heavy (non-hydrogen) atoms. The largest absolute Gasteiger partial charge is 0.393 e. The SMILES string of the molecule is C/C=C/C(C)(O)CO. The van der Waals surface area contributed by atoms with E-state index >= 15 is 0 Å². The Hall–Kier alpha value is -0.340. The summed E-state index contributed by atoms with van der Waals surface area (Å²) in [5, 5.41) is 17.4. The number of hydrogen-bond acceptors (Lipinski definition) is 2. The third kappa shape index (κ3) is 2.77. The highest BCUT2D eigenvalue weighted by molar-refractivity contribution is 4.95. The van der Waals surface area contributed by atoms with E-state index in [2.05, 4.69) is 0 Å². The molecule has 2 heteroatoms. The summed E-state index contributed by atoms with van der Waals surface area (Å²) in [6, 6.07) is 0. The molecule has 0 fully saturated rings. The van der Waals surface area contributed by atoms with Crippen molar-refractivity contribution in [1.29, 1.82) is 0 Å². The van der Waals surface area contributed by atoms with Crippen molar-refractivity contribution < 1.29 is 10.2 Å². The average molecular weight is 116 g/mol. The second kappa shape index (κ2) is 2.84. The molecule has 1 atom stereocenters. The maximum Gasteiger partial charge on any atom is 0.103 e. The highest BCUT2D eigenvalue weighted by Gasteiger charge is 2.12. The van der Waals surface area contributed by atoms with Crippen LogP contribution in [0.2, 0.25) is 0 Å². The van der Waals surface area contributed by atoms with Crippen molar-refractivity contribution in [3.63, 3.8) is 0 Å². The van der Waals surface area contributed by atoms with E-state index in [0.29, 0.717) is 0 Å². The molecule has 0 aromatic heterocycles. The van der Waals surface area contributed by atoms with Crippen LogP contribution >= 0.6 is 0 Å². The van der Waals surface area contributed by atoms with Crippen LogP contribution in [-0.2, 0) is 0 Å². The molecule has 0 spiro atoms. The van der Waals surface area contributed by atoms with Gasteiger partial charge in [-0.15, -0.1) is 0 Å². The molecule has 0 aliphatic heterocycles. The fourth-order valence-corrected chi connectivity index (χ4v) is 0.412. The van der Waals surface area contributed by atoms with Crippen LogP contribution in [0, 0.1) is 0 Å². The molecule has 0 saturated heterocycles. The number of aliphatic hydroxyl groups is 2. The lowest BCUT2D eigenvalue weighted by atomic mass is 10.1. The molecule has 0 heterocycles. The molecule has 0 rings (SSSR count). The van der Waals surface area contributed by atoms with Crippen molar-refractivity contribution in [1.82, 2.24) is 0 Å². The van der Waals surface area contributed by atoms with E-state index in [9.17, 15) is 0 Å². The Balaban J connectivity index is 3.71. The summed E-state index contributed by atoms with van der Waals surface area (Å²) in [6.45, 7) is 3.12. The lowest BCUT2D eigenvalue weighted by Gasteiger charge is -2.13. The molecule has 48 valence electrons. The third-order valence-corrected chi connectivity index (χ3v) is 0.846. The van der Waals surface area contributed by atoms with E-state index in [1.54, 1.807) is 26.0 Å². The van der Waals surface area contributed by atoms with Gasteiger partial charge in [0.1, 0.15) is 5.60 Å². The molecule has 0 bridgehead atoms. The summed E-state index contributed by atoms with van der Waals surface area (Å²) < 4.78 is 0.